The molecule has 7 nitrogen and oxygen atoms in total. The Morgan fingerprint density at radius 3 is 2.75 bits per heavy atom. The quantitative estimate of drug-likeness (QED) is 0.779. The molecular formula is C13H15N7. The number of fused-ring (bicyclic) bond motifs is 1. The Morgan fingerprint density at radius 1 is 1.20 bits per heavy atom. The summed E-state index contributed by atoms with van der Waals surface area (Å²) in [7, 11) is 3.92. The van der Waals surface area contributed by atoms with Crippen LogP contribution in [0.4, 0.5) is 17.3 Å². The van der Waals surface area contributed by atoms with Crippen LogP contribution in [0.25, 0.3) is 5.78 Å². The Balaban J connectivity index is 1.94. The molecule has 0 fully saturated rings. The van der Waals surface area contributed by atoms with Gasteiger partial charge in [0.15, 0.2) is 0 Å². The maximum atomic E-state index is 4.37. The maximum Gasteiger partial charge on any atom is 0.254 e. The largest absolute Gasteiger partial charge is 0.363 e. The van der Waals surface area contributed by atoms with Crippen molar-refractivity contribution in [3.05, 3.63) is 36.4 Å². The molecule has 0 atom stereocenters. The zero-order valence-electron chi connectivity index (χ0n) is 11.6. The van der Waals surface area contributed by atoms with E-state index in [1.807, 2.05) is 44.1 Å². The number of pyridine rings is 1. The van der Waals surface area contributed by atoms with Crippen molar-refractivity contribution in [2.24, 2.45) is 0 Å². The second kappa shape index (κ2) is 4.76. The van der Waals surface area contributed by atoms with Crippen molar-refractivity contribution in [3.63, 3.8) is 0 Å². The first-order valence-corrected chi connectivity index (χ1v) is 6.21. The number of anilines is 3. The molecule has 20 heavy (non-hydrogen) atoms. The topological polar surface area (TPSA) is 71.2 Å². The van der Waals surface area contributed by atoms with Gasteiger partial charge >= 0.3 is 0 Å². The van der Waals surface area contributed by atoms with Gasteiger partial charge in [-0.05, 0) is 19.1 Å². The van der Waals surface area contributed by atoms with E-state index < -0.39 is 0 Å². The number of nitrogens with zero attached hydrogens (tertiary/aromatic N) is 6. The number of rotatable bonds is 3. The lowest BCUT2D eigenvalue weighted by molar-refractivity contribution is 0.936. The van der Waals surface area contributed by atoms with Crippen LogP contribution in [0.15, 0.2) is 30.7 Å². The summed E-state index contributed by atoms with van der Waals surface area (Å²) in [5, 5.41) is 7.43. The molecule has 0 aliphatic carbocycles. The summed E-state index contributed by atoms with van der Waals surface area (Å²) in [5.41, 5.74) is 1.77. The Kier molecular flexibility index (Phi) is 2.94. The van der Waals surface area contributed by atoms with Gasteiger partial charge < -0.3 is 10.2 Å². The summed E-state index contributed by atoms with van der Waals surface area (Å²) < 4.78 is 1.66. The van der Waals surface area contributed by atoms with Gasteiger partial charge in [0.2, 0.25) is 0 Å². The predicted molar refractivity (Wildman–Crippen MR) is 77.4 cm³/mol. The van der Waals surface area contributed by atoms with Crippen LogP contribution < -0.4 is 10.2 Å². The Hall–Kier alpha value is -2.70. The van der Waals surface area contributed by atoms with Gasteiger partial charge in [-0.2, -0.15) is 14.6 Å². The standard InChI is InChI=1S/C13H15N7/c1-9-6-12(20-13(17-9)15-8-16-20)18-10-4-5-11(14-7-10)19(2)3/h4-8,18H,1-3H3. The maximum absolute atomic E-state index is 4.37. The molecule has 0 saturated carbocycles. The number of aromatic nitrogens is 5. The molecule has 7 heteroatoms. The fraction of sp³-hybridized carbons (Fsp3) is 0.231. The second-order valence-corrected chi connectivity index (χ2v) is 4.68. The van der Waals surface area contributed by atoms with Crippen LogP contribution in [0.3, 0.4) is 0 Å². The van der Waals surface area contributed by atoms with Gasteiger partial charge in [-0.15, -0.1) is 0 Å². The summed E-state index contributed by atoms with van der Waals surface area (Å²) in [4.78, 5) is 14.7. The second-order valence-electron chi connectivity index (χ2n) is 4.68. The highest BCUT2D eigenvalue weighted by atomic mass is 15.4. The molecule has 3 heterocycles. The summed E-state index contributed by atoms with van der Waals surface area (Å²) >= 11 is 0. The molecule has 0 unspecified atom stereocenters. The van der Waals surface area contributed by atoms with E-state index >= 15 is 0 Å². The van der Waals surface area contributed by atoms with E-state index in [0.717, 1.165) is 23.0 Å². The van der Waals surface area contributed by atoms with Crippen LogP contribution in [-0.4, -0.2) is 38.7 Å². The Morgan fingerprint density at radius 2 is 2.05 bits per heavy atom. The highest BCUT2D eigenvalue weighted by molar-refractivity contribution is 5.59. The first-order chi connectivity index (χ1) is 9.63. The van der Waals surface area contributed by atoms with E-state index in [4.69, 9.17) is 0 Å². The molecule has 3 aromatic rings. The van der Waals surface area contributed by atoms with E-state index in [1.165, 1.54) is 6.33 Å². The molecule has 3 rings (SSSR count). The minimum absolute atomic E-state index is 0.574. The fourth-order valence-corrected chi connectivity index (χ4v) is 1.89. The lowest BCUT2D eigenvalue weighted by Crippen LogP contribution is -2.10. The van der Waals surface area contributed by atoms with Gasteiger partial charge in [0.05, 0.1) is 11.9 Å². The van der Waals surface area contributed by atoms with E-state index in [1.54, 1.807) is 10.7 Å². The van der Waals surface area contributed by atoms with Crippen molar-refractivity contribution in [3.8, 4) is 0 Å². The van der Waals surface area contributed by atoms with E-state index in [-0.39, 0.29) is 0 Å². The summed E-state index contributed by atoms with van der Waals surface area (Å²) in [6.07, 6.45) is 3.27. The van der Waals surface area contributed by atoms with Gasteiger partial charge in [-0.25, -0.2) is 9.97 Å². The highest BCUT2D eigenvalue weighted by Gasteiger charge is 2.06. The van der Waals surface area contributed by atoms with Crippen LogP contribution in [0.1, 0.15) is 5.69 Å². The molecule has 0 spiro atoms. The highest BCUT2D eigenvalue weighted by Crippen LogP contribution is 2.18. The zero-order valence-corrected chi connectivity index (χ0v) is 11.6. The van der Waals surface area contributed by atoms with E-state index in [2.05, 4.69) is 25.4 Å². The van der Waals surface area contributed by atoms with Crippen LogP contribution in [0.5, 0.6) is 0 Å². The van der Waals surface area contributed by atoms with Crippen molar-refractivity contribution in [1.82, 2.24) is 24.6 Å². The minimum Gasteiger partial charge on any atom is -0.363 e. The number of nitrogens with one attached hydrogen (secondary N) is 1. The summed E-state index contributed by atoms with van der Waals surface area (Å²) in [6, 6.07) is 5.84. The Labute approximate surface area is 116 Å². The van der Waals surface area contributed by atoms with Gasteiger partial charge in [0.1, 0.15) is 18.0 Å². The van der Waals surface area contributed by atoms with Crippen molar-refractivity contribution >= 4 is 23.1 Å². The molecule has 0 saturated heterocycles. The van der Waals surface area contributed by atoms with Crippen LogP contribution in [0.2, 0.25) is 0 Å². The first kappa shape index (κ1) is 12.3. The average molecular weight is 269 g/mol. The first-order valence-electron chi connectivity index (χ1n) is 6.21. The van der Waals surface area contributed by atoms with Crippen molar-refractivity contribution in [1.29, 1.82) is 0 Å². The Bertz CT molecular complexity index is 730. The molecule has 1 N–H and O–H groups in total. The number of aryl methyl sites for hydroxylation is 1. The molecule has 3 aromatic heterocycles. The zero-order chi connectivity index (χ0) is 14.1. The van der Waals surface area contributed by atoms with Crippen LogP contribution >= 0.6 is 0 Å². The van der Waals surface area contributed by atoms with Crippen molar-refractivity contribution in [2.45, 2.75) is 6.92 Å². The SMILES string of the molecule is Cc1cc(Nc2ccc(N(C)C)nc2)n2ncnc2n1. The van der Waals surface area contributed by atoms with Gasteiger partial charge in [-0.3, -0.25) is 0 Å². The van der Waals surface area contributed by atoms with Crippen molar-refractivity contribution in [2.75, 3.05) is 24.3 Å². The summed E-state index contributed by atoms with van der Waals surface area (Å²) in [6.45, 7) is 1.92. The van der Waals surface area contributed by atoms with E-state index in [9.17, 15) is 0 Å². The molecule has 0 radical (unpaired) electrons. The third-order valence-corrected chi connectivity index (χ3v) is 2.86. The van der Waals surface area contributed by atoms with Crippen molar-refractivity contribution < 1.29 is 0 Å². The normalized spacial score (nSPS) is 10.8. The van der Waals surface area contributed by atoms with Gasteiger partial charge in [-0.1, -0.05) is 0 Å². The minimum atomic E-state index is 0.574. The predicted octanol–water partition coefficient (Wildman–Crippen LogP) is 1.64. The third-order valence-electron chi connectivity index (χ3n) is 2.86. The third kappa shape index (κ3) is 2.25. The molecule has 0 bridgehead atoms. The molecule has 0 amide bonds. The van der Waals surface area contributed by atoms with Crippen LogP contribution in [0, 0.1) is 6.92 Å². The molecular weight excluding hydrogens is 254 g/mol. The van der Waals surface area contributed by atoms with Gasteiger partial charge in [0.25, 0.3) is 5.78 Å². The van der Waals surface area contributed by atoms with E-state index in [0.29, 0.717) is 5.78 Å². The fourth-order valence-electron chi connectivity index (χ4n) is 1.89. The molecule has 0 aliphatic heterocycles. The van der Waals surface area contributed by atoms with Gasteiger partial charge in [0, 0.05) is 25.9 Å². The number of hydrogen-bond donors (Lipinski definition) is 1. The average Bonchev–Trinajstić information content (AvgIpc) is 2.87. The summed E-state index contributed by atoms with van der Waals surface area (Å²) in [5.74, 6) is 2.29. The molecule has 102 valence electrons. The lowest BCUT2D eigenvalue weighted by Gasteiger charge is -2.12. The lowest BCUT2D eigenvalue weighted by atomic mass is 10.3. The monoisotopic (exact) mass is 269 g/mol. The molecule has 0 aliphatic rings. The number of hydrogen-bond acceptors (Lipinski definition) is 6. The van der Waals surface area contributed by atoms with Crippen LogP contribution in [-0.2, 0) is 0 Å². The smallest absolute Gasteiger partial charge is 0.254 e. The molecule has 0 aromatic carbocycles.